The Bertz CT molecular complexity index is 1350. The number of ether oxygens (including phenoxy) is 2. The van der Waals surface area contributed by atoms with Gasteiger partial charge < -0.3 is 9.47 Å². The third-order valence-corrected chi connectivity index (χ3v) is 6.03. The molecule has 3 aromatic carbocycles. The van der Waals surface area contributed by atoms with Crippen molar-refractivity contribution in [2.75, 3.05) is 14.2 Å². The van der Waals surface area contributed by atoms with Crippen molar-refractivity contribution in [1.82, 2.24) is 9.55 Å². The van der Waals surface area contributed by atoms with Crippen LogP contribution in [0.5, 0.6) is 11.5 Å². The van der Waals surface area contributed by atoms with Gasteiger partial charge in [-0.3, -0.25) is 9.36 Å². The Morgan fingerprint density at radius 3 is 2.31 bits per heavy atom. The van der Waals surface area contributed by atoms with E-state index in [0.29, 0.717) is 34.3 Å². The highest BCUT2D eigenvalue weighted by atomic mass is 79.9. The number of aryl methyl sites for hydroxylation is 1. The van der Waals surface area contributed by atoms with Crippen molar-refractivity contribution in [1.29, 1.82) is 0 Å². The van der Waals surface area contributed by atoms with Gasteiger partial charge in [0.1, 0.15) is 17.3 Å². The summed E-state index contributed by atoms with van der Waals surface area (Å²) >= 11 is 3.49. The maximum Gasteiger partial charge on any atom is 0.261 e. The van der Waals surface area contributed by atoms with Gasteiger partial charge in [0.25, 0.3) is 5.56 Å². The average Bonchev–Trinajstić information content (AvgIpc) is 2.80. The van der Waals surface area contributed by atoms with Crippen LogP contribution in [-0.4, -0.2) is 23.8 Å². The van der Waals surface area contributed by atoms with Gasteiger partial charge in [-0.1, -0.05) is 22.0 Å². The molecule has 32 heavy (non-hydrogen) atoms. The molecular weight excluding hydrogens is 475 g/mol. The minimum Gasteiger partial charge on any atom is -0.497 e. The molecular formula is C25H22BrFN2O3. The minimum absolute atomic E-state index is 0.152. The molecule has 0 bridgehead atoms. The van der Waals surface area contributed by atoms with Crippen molar-refractivity contribution in [3.63, 3.8) is 0 Å². The van der Waals surface area contributed by atoms with Crippen LogP contribution in [0.4, 0.5) is 4.39 Å². The second-order valence-electron chi connectivity index (χ2n) is 7.53. The highest BCUT2D eigenvalue weighted by Crippen LogP contribution is 2.31. The zero-order valence-corrected chi connectivity index (χ0v) is 19.6. The molecule has 5 nitrogen and oxygen atoms in total. The van der Waals surface area contributed by atoms with Gasteiger partial charge in [-0.25, -0.2) is 9.37 Å². The van der Waals surface area contributed by atoms with E-state index in [2.05, 4.69) is 20.9 Å². The molecule has 0 spiro atoms. The molecule has 0 aliphatic rings. The number of hydrogen-bond acceptors (Lipinski definition) is 4. The summed E-state index contributed by atoms with van der Waals surface area (Å²) in [7, 11) is 3.17. The number of nitrogens with zero attached hydrogens (tertiary/aromatic N) is 2. The molecule has 1 aromatic heterocycles. The Morgan fingerprint density at radius 1 is 0.969 bits per heavy atom. The Labute approximate surface area is 193 Å². The first kappa shape index (κ1) is 22.0. The Morgan fingerprint density at radius 2 is 1.69 bits per heavy atom. The van der Waals surface area contributed by atoms with Crippen LogP contribution in [0.2, 0.25) is 0 Å². The van der Waals surface area contributed by atoms with Gasteiger partial charge in [-0.05, 0) is 65.6 Å². The first-order valence-electron chi connectivity index (χ1n) is 10.00. The number of hydrogen-bond donors (Lipinski definition) is 0. The first-order chi connectivity index (χ1) is 15.4. The van der Waals surface area contributed by atoms with Gasteiger partial charge in [0, 0.05) is 17.0 Å². The highest BCUT2D eigenvalue weighted by molar-refractivity contribution is 9.08. The SMILES string of the molecule is COc1cc(Cn2cnc3c(-c4ccc(F)cc4C)cc(CBr)cc3c2=O)cc(OC)c1. The predicted molar refractivity (Wildman–Crippen MR) is 127 cm³/mol. The van der Waals surface area contributed by atoms with Crippen molar-refractivity contribution in [2.24, 2.45) is 0 Å². The second-order valence-corrected chi connectivity index (χ2v) is 8.09. The summed E-state index contributed by atoms with van der Waals surface area (Å²) in [5.74, 6) is 1.00. The molecule has 7 heteroatoms. The fraction of sp³-hybridized carbons (Fsp3) is 0.200. The van der Waals surface area contributed by atoms with Crippen molar-refractivity contribution >= 4 is 26.8 Å². The fourth-order valence-corrected chi connectivity index (χ4v) is 4.13. The highest BCUT2D eigenvalue weighted by Gasteiger charge is 2.14. The molecule has 0 N–H and O–H groups in total. The van der Waals surface area contributed by atoms with Crippen LogP contribution in [0.25, 0.3) is 22.0 Å². The van der Waals surface area contributed by atoms with Crippen LogP contribution in [0, 0.1) is 12.7 Å². The molecule has 0 radical (unpaired) electrons. The van der Waals surface area contributed by atoms with Gasteiger partial charge in [0.15, 0.2) is 0 Å². The molecule has 0 aliphatic heterocycles. The van der Waals surface area contributed by atoms with Gasteiger partial charge in [0.05, 0.1) is 38.0 Å². The number of benzene rings is 3. The second kappa shape index (κ2) is 9.12. The van der Waals surface area contributed by atoms with E-state index in [4.69, 9.17) is 9.47 Å². The quantitative estimate of drug-likeness (QED) is 0.332. The maximum atomic E-state index is 13.7. The van der Waals surface area contributed by atoms with E-state index in [1.54, 1.807) is 37.2 Å². The lowest BCUT2D eigenvalue weighted by Gasteiger charge is -2.14. The lowest BCUT2D eigenvalue weighted by Crippen LogP contribution is -2.21. The summed E-state index contributed by atoms with van der Waals surface area (Å²) in [5.41, 5.74) is 4.68. The Kier molecular flexibility index (Phi) is 6.28. The molecule has 0 saturated heterocycles. The number of halogens is 2. The zero-order chi connectivity index (χ0) is 22.8. The predicted octanol–water partition coefficient (Wildman–Crippen LogP) is 5.47. The topological polar surface area (TPSA) is 53.4 Å². The third-order valence-electron chi connectivity index (χ3n) is 5.38. The van der Waals surface area contributed by atoms with E-state index in [0.717, 1.165) is 27.8 Å². The summed E-state index contributed by atoms with van der Waals surface area (Å²) in [6.45, 7) is 2.17. The van der Waals surface area contributed by atoms with E-state index in [1.807, 2.05) is 31.2 Å². The standard InChI is InChI=1S/C25H22BrFN2O3/c1-15-6-18(27)4-5-21(15)22-9-16(12-26)10-23-24(22)28-14-29(25(23)30)13-17-7-19(31-2)11-20(8-17)32-3/h4-11,14H,12-13H2,1-3H3. The van der Waals surface area contributed by atoms with E-state index < -0.39 is 0 Å². The van der Waals surface area contributed by atoms with Crippen LogP contribution in [0.15, 0.2) is 59.7 Å². The Hall–Kier alpha value is -3.19. The summed E-state index contributed by atoms with van der Waals surface area (Å²) in [6, 6.07) is 14.0. The van der Waals surface area contributed by atoms with Crippen LogP contribution < -0.4 is 15.0 Å². The molecule has 164 valence electrons. The normalized spacial score (nSPS) is 11.0. The van der Waals surface area contributed by atoms with Gasteiger partial charge in [-0.15, -0.1) is 0 Å². The molecule has 0 amide bonds. The lowest BCUT2D eigenvalue weighted by atomic mass is 9.96. The summed E-state index contributed by atoms with van der Waals surface area (Å²) in [4.78, 5) is 18.0. The molecule has 0 saturated carbocycles. The summed E-state index contributed by atoms with van der Waals surface area (Å²) < 4.78 is 25.9. The van der Waals surface area contributed by atoms with E-state index >= 15 is 0 Å². The van der Waals surface area contributed by atoms with Crippen molar-refractivity contribution in [2.45, 2.75) is 18.8 Å². The molecule has 0 fully saturated rings. The fourth-order valence-electron chi connectivity index (χ4n) is 3.81. The molecule has 4 aromatic rings. The van der Waals surface area contributed by atoms with E-state index in [1.165, 1.54) is 12.1 Å². The monoisotopic (exact) mass is 496 g/mol. The maximum absolute atomic E-state index is 13.7. The number of fused-ring (bicyclic) bond motifs is 1. The zero-order valence-electron chi connectivity index (χ0n) is 18.0. The number of methoxy groups -OCH3 is 2. The molecule has 4 rings (SSSR count). The first-order valence-corrected chi connectivity index (χ1v) is 11.1. The van der Waals surface area contributed by atoms with Gasteiger partial charge in [0.2, 0.25) is 0 Å². The van der Waals surface area contributed by atoms with E-state index in [9.17, 15) is 9.18 Å². The minimum atomic E-state index is -0.295. The Balaban J connectivity index is 1.87. The van der Waals surface area contributed by atoms with Crippen LogP contribution >= 0.6 is 15.9 Å². The number of alkyl halides is 1. The van der Waals surface area contributed by atoms with Gasteiger partial charge >= 0.3 is 0 Å². The molecule has 0 aliphatic carbocycles. The van der Waals surface area contributed by atoms with E-state index in [-0.39, 0.29) is 11.4 Å². The lowest BCUT2D eigenvalue weighted by molar-refractivity contribution is 0.393. The largest absolute Gasteiger partial charge is 0.497 e. The van der Waals surface area contributed by atoms with Crippen molar-refractivity contribution in [3.8, 4) is 22.6 Å². The molecule has 0 atom stereocenters. The van der Waals surface area contributed by atoms with Crippen LogP contribution in [0.3, 0.4) is 0 Å². The van der Waals surface area contributed by atoms with Crippen molar-refractivity contribution in [3.05, 3.63) is 87.7 Å². The van der Waals surface area contributed by atoms with Crippen LogP contribution in [0.1, 0.15) is 16.7 Å². The number of rotatable bonds is 6. The molecule has 1 heterocycles. The average molecular weight is 497 g/mol. The summed E-state index contributed by atoms with van der Waals surface area (Å²) in [5, 5.41) is 1.09. The van der Waals surface area contributed by atoms with Crippen LogP contribution in [-0.2, 0) is 11.9 Å². The third kappa shape index (κ3) is 4.25. The van der Waals surface area contributed by atoms with Gasteiger partial charge in [-0.2, -0.15) is 0 Å². The summed E-state index contributed by atoms with van der Waals surface area (Å²) in [6.07, 6.45) is 1.55. The van der Waals surface area contributed by atoms with Crippen molar-refractivity contribution < 1.29 is 13.9 Å². The molecule has 0 unspecified atom stereocenters. The number of aromatic nitrogens is 2. The smallest absolute Gasteiger partial charge is 0.261 e.